The minimum atomic E-state index is -0.282. The molecule has 4 rings (SSSR count). The third-order valence-electron chi connectivity index (χ3n) is 4.79. The van der Waals surface area contributed by atoms with E-state index in [0.717, 1.165) is 17.0 Å². The topological polar surface area (TPSA) is 35.1 Å². The van der Waals surface area contributed by atoms with Crippen LogP contribution in [0.5, 0.6) is 0 Å². The van der Waals surface area contributed by atoms with Crippen LogP contribution in [0.25, 0.3) is 28.2 Å². The summed E-state index contributed by atoms with van der Waals surface area (Å²) in [5.74, 6) is 1.28. The van der Waals surface area contributed by atoms with Crippen molar-refractivity contribution in [3.05, 3.63) is 65.4 Å². The van der Waals surface area contributed by atoms with Gasteiger partial charge in [-0.2, -0.15) is 5.10 Å². The Hall–Kier alpha value is -2.95. The maximum absolute atomic E-state index is 14.7. The van der Waals surface area contributed by atoms with Crippen molar-refractivity contribution in [2.24, 2.45) is 7.05 Å². The summed E-state index contributed by atoms with van der Waals surface area (Å²) < 4.78 is 18.3. The van der Waals surface area contributed by atoms with Gasteiger partial charge in [0.1, 0.15) is 11.6 Å². The van der Waals surface area contributed by atoms with Crippen LogP contribution >= 0.6 is 0 Å². The van der Waals surface area contributed by atoms with E-state index >= 15 is 0 Å². The molecule has 0 radical (unpaired) electrons. The predicted octanol–water partition coefficient (Wildman–Crippen LogP) is 4.47. The number of hydrogen-bond acceptors (Lipinski definition) is 2. The van der Waals surface area contributed by atoms with Gasteiger partial charge in [0, 0.05) is 12.6 Å². The van der Waals surface area contributed by atoms with Crippen molar-refractivity contribution in [3.8, 4) is 22.4 Å². The van der Waals surface area contributed by atoms with Crippen molar-refractivity contribution in [3.63, 3.8) is 0 Å². The molecular formula is C20H19FN4. The summed E-state index contributed by atoms with van der Waals surface area (Å²) in [6.45, 7) is 6.05. The van der Waals surface area contributed by atoms with E-state index in [1.807, 2.05) is 30.7 Å². The molecule has 0 amide bonds. The Balaban J connectivity index is 1.77. The SMILES string of the molecule is Cc1ccc(-c2ccc(-c3cn4nc(C)n(C)c4n3)c(F)c2)cc1C. The molecule has 4 nitrogen and oxygen atoms in total. The molecule has 0 fully saturated rings. The number of nitrogens with zero attached hydrogens (tertiary/aromatic N) is 4. The fraction of sp³-hybridized carbons (Fsp3) is 0.200. The van der Waals surface area contributed by atoms with E-state index in [1.165, 1.54) is 11.1 Å². The first-order valence-corrected chi connectivity index (χ1v) is 8.20. The molecule has 0 aliphatic rings. The molecule has 0 unspecified atom stereocenters. The van der Waals surface area contributed by atoms with Gasteiger partial charge in [-0.3, -0.25) is 0 Å². The molecule has 0 aliphatic carbocycles. The van der Waals surface area contributed by atoms with Gasteiger partial charge in [0.2, 0.25) is 5.78 Å². The molecule has 2 aromatic heterocycles. The Kier molecular flexibility index (Phi) is 3.46. The summed E-state index contributed by atoms with van der Waals surface area (Å²) >= 11 is 0. The Bertz CT molecular complexity index is 1100. The van der Waals surface area contributed by atoms with E-state index in [9.17, 15) is 4.39 Å². The zero-order chi connectivity index (χ0) is 17.7. The molecule has 0 saturated heterocycles. The van der Waals surface area contributed by atoms with Crippen molar-refractivity contribution >= 4 is 5.78 Å². The quantitative estimate of drug-likeness (QED) is 0.542. The summed E-state index contributed by atoms with van der Waals surface area (Å²) in [6.07, 6.45) is 1.76. The molecule has 25 heavy (non-hydrogen) atoms. The lowest BCUT2D eigenvalue weighted by Gasteiger charge is -2.07. The second-order valence-electron chi connectivity index (χ2n) is 6.47. The van der Waals surface area contributed by atoms with E-state index in [4.69, 9.17) is 0 Å². The van der Waals surface area contributed by atoms with Crippen molar-refractivity contribution in [2.75, 3.05) is 0 Å². The average molecular weight is 334 g/mol. The highest BCUT2D eigenvalue weighted by molar-refractivity contribution is 5.70. The number of halogens is 1. The van der Waals surface area contributed by atoms with Gasteiger partial charge in [-0.1, -0.05) is 24.3 Å². The van der Waals surface area contributed by atoms with Gasteiger partial charge in [0.15, 0.2) is 0 Å². The summed E-state index contributed by atoms with van der Waals surface area (Å²) in [7, 11) is 1.90. The molecule has 0 spiro atoms. The number of imidazole rings is 1. The van der Waals surface area contributed by atoms with Crippen molar-refractivity contribution < 1.29 is 4.39 Å². The Labute approximate surface area is 145 Å². The van der Waals surface area contributed by atoms with Crippen LogP contribution in [0.4, 0.5) is 4.39 Å². The molecule has 0 saturated carbocycles. The average Bonchev–Trinajstić information content (AvgIpc) is 3.10. The van der Waals surface area contributed by atoms with Crippen molar-refractivity contribution in [1.29, 1.82) is 0 Å². The standard InChI is InChI=1S/C20H19FN4/c1-12-5-6-15(9-13(12)2)16-7-8-17(18(21)10-16)19-11-25-20(22-19)24(4)14(3)23-25/h5-11H,1-4H3. The van der Waals surface area contributed by atoms with Crippen molar-refractivity contribution in [1.82, 2.24) is 19.2 Å². The highest BCUT2D eigenvalue weighted by atomic mass is 19.1. The van der Waals surface area contributed by atoms with Crippen LogP contribution in [0.15, 0.2) is 42.6 Å². The van der Waals surface area contributed by atoms with Gasteiger partial charge in [0.05, 0.1) is 11.9 Å². The number of aryl methyl sites for hydroxylation is 4. The molecule has 126 valence electrons. The van der Waals surface area contributed by atoms with Crippen LogP contribution in [-0.2, 0) is 7.05 Å². The lowest BCUT2D eigenvalue weighted by atomic mass is 9.99. The summed E-state index contributed by atoms with van der Waals surface area (Å²) in [5, 5.41) is 4.37. The Morgan fingerprint density at radius 2 is 1.64 bits per heavy atom. The molecule has 2 heterocycles. The first kappa shape index (κ1) is 15.6. The summed E-state index contributed by atoms with van der Waals surface area (Å²) in [5.41, 5.74) is 5.37. The summed E-state index contributed by atoms with van der Waals surface area (Å²) in [6, 6.07) is 11.5. The lowest BCUT2D eigenvalue weighted by Crippen LogP contribution is -1.92. The van der Waals surface area contributed by atoms with Gasteiger partial charge in [-0.25, -0.2) is 13.9 Å². The number of rotatable bonds is 2. The molecule has 0 aliphatic heterocycles. The fourth-order valence-electron chi connectivity index (χ4n) is 2.98. The molecule has 4 aromatic rings. The smallest absolute Gasteiger partial charge is 0.232 e. The second kappa shape index (κ2) is 5.55. The summed E-state index contributed by atoms with van der Waals surface area (Å²) in [4.78, 5) is 4.52. The van der Waals surface area contributed by atoms with E-state index < -0.39 is 0 Å². The maximum atomic E-state index is 14.7. The minimum Gasteiger partial charge on any atom is -0.300 e. The molecule has 0 N–H and O–H groups in total. The van der Waals surface area contributed by atoms with Gasteiger partial charge in [-0.05, 0) is 55.2 Å². The first-order chi connectivity index (χ1) is 11.9. The molecule has 2 aromatic carbocycles. The molecule has 0 atom stereocenters. The number of fused-ring (bicyclic) bond motifs is 1. The predicted molar refractivity (Wildman–Crippen MR) is 97.0 cm³/mol. The number of aromatic nitrogens is 4. The van der Waals surface area contributed by atoms with Crippen LogP contribution in [0, 0.1) is 26.6 Å². The van der Waals surface area contributed by atoms with Gasteiger partial charge in [-0.15, -0.1) is 0 Å². The molecule has 5 heteroatoms. The third kappa shape index (κ3) is 2.52. The highest BCUT2D eigenvalue weighted by Crippen LogP contribution is 2.28. The number of benzene rings is 2. The molecule has 0 bridgehead atoms. The normalized spacial score (nSPS) is 11.4. The van der Waals surface area contributed by atoms with Crippen LogP contribution in [0.3, 0.4) is 0 Å². The molecular weight excluding hydrogens is 315 g/mol. The largest absolute Gasteiger partial charge is 0.300 e. The van der Waals surface area contributed by atoms with Crippen LogP contribution in [0.1, 0.15) is 17.0 Å². The lowest BCUT2D eigenvalue weighted by molar-refractivity contribution is 0.631. The zero-order valence-electron chi connectivity index (χ0n) is 14.7. The van der Waals surface area contributed by atoms with Crippen LogP contribution in [0.2, 0.25) is 0 Å². The third-order valence-corrected chi connectivity index (χ3v) is 4.79. The second-order valence-corrected chi connectivity index (χ2v) is 6.47. The fourth-order valence-corrected chi connectivity index (χ4v) is 2.98. The van der Waals surface area contributed by atoms with Gasteiger partial charge in [0.25, 0.3) is 0 Å². The Morgan fingerprint density at radius 1 is 0.920 bits per heavy atom. The Morgan fingerprint density at radius 3 is 2.32 bits per heavy atom. The maximum Gasteiger partial charge on any atom is 0.232 e. The van der Waals surface area contributed by atoms with Crippen LogP contribution in [-0.4, -0.2) is 19.2 Å². The van der Waals surface area contributed by atoms with E-state index in [0.29, 0.717) is 17.0 Å². The van der Waals surface area contributed by atoms with Crippen molar-refractivity contribution in [2.45, 2.75) is 20.8 Å². The monoisotopic (exact) mass is 334 g/mol. The first-order valence-electron chi connectivity index (χ1n) is 8.20. The van der Waals surface area contributed by atoms with Gasteiger partial charge >= 0.3 is 0 Å². The van der Waals surface area contributed by atoms with E-state index in [-0.39, 0.29) is 5.82 Å². The van der Waals surface area contributed by atoms with Gasteiger partial charge < -0.3 is 4.57 Å². The highest BCUT2D eigenvalue weighted by Gasteiger charge is 2.14. The van der Waals surface area contributed by atoms with E-state index in [1.54, 1.807) is 22.8 Å². The minimum absolute atomic E-state index is 0.282. The van der Waals surface area contributed by atoms with E-state index in [2.05, 4.69) is 36.1 Å². The number of hydrogen-bond donors (Lipinski definition) is 0. The zero-order valence-corrected chi connectivity index (χ0v) is 14.7. The van der Waals surface area contributed by atoms with Crippen LogP contribution < -0.4 is 0 Å².